The Labute approximate surface area is 102 Å². The third-order valence-electron chi connectivity index (χ3n) is 2.42. The second kappa shape index (κ2) is 3.76. The molecule has 0 unspecified atom stereocenters. The molecular formula is C10H11BrClN3. The van der Waals surface area contributed by atoms with Crippen molar-refractivity contribution in [1.82, 2.24) is 14.5 Å². The summed E-state index contributed by atoms with van der Waals surface area (Å²) in [7, 11) is 1.90. The fourth-order valence-corrected chi connectivity index (χ4v) is 2.53. The van der Waals surface area contributed by atoms with Gasteiger partial charge in [0, 0.05) is 7.05 Å². The van der Waals surface area contributed by atoms with E-state index in [-0.39, 0.29) is 0 Å². The summed E-state index contributed by atoms with van der Waals surface area (Å²) >= 11 is 9.64. The summed E-state index contributed by atoms with van der Waals surface area (Å²) in [5.74, 6) is 0.782. The summed E-state index contributed by atoms with van der Waals surface area (Å²) in [5.41, 5.74) is 1.92. The van der Waals surface area contributed by atoms with E-state index in [0.717, 1.165) is 33.4 Å². The molecule has 0 bridgehead atoms. The molecule has 5 heteroatoms. The molecule has 2 heterocycles. The quantitative estimate of drug-likeness (QED) is 0.806. The van der Waals surface area contributed by atoms with Gasteiger partial charge in [0.15, 0.2) is 0 Å². The molecule has 0 fully saturated rings. The van der Waals surface area contributed by atoms with Gasteiger partial charge in [-0.3, -0.25) is 0 Å². The van der Waals surface area contributed by atoms with Crippen molar-refractivity contribution in [3.05, 3.63) is 21.1 Å². The third kappa shape index (κ3) is 1.56. The minimum atomic E-state index is 0.666. The normalized spacial score (nSPS) is 11.3. The molecule has 0 aromatic carbocycles. The molecule has 2 aromatic rings. The van der Waals surface area contributed by atoms with Crippen LogP contribution in [-0.4, -0.2) is 14.5 Å². The van der Waals surface area contributed by atoms with Gasteiger partial charge in [0.05, 0.1) is 15.6 Å². The third-order valence-corrected chi connectivity index (χ3v) is 3.87. The van der Waals surface area contributed by atoms with Gasteiger partial charge in [-0.15, -0.1) is 0 Å². The summed E-state index contributed by atoms with van der Waals surface area (Å²) < 4.78 is 2.76. The van der Waals surface area contributed by atoms with E-state index in [0.29, 0.717) is 5.15 Å². The molecule has 2 rings (SSSR count). The Morgan fingerprint density at radius 3 is 2.67 bits per heavy atom. The molecule has 0 aliphatic carbocycles. The Balaban J connectivity index is 2.96. The molecular weight excluding hydrogens is 277 g/mol. The van der Waals surface area contributed by atoms with Gasteiger partial charge in [0.2, 0.25) is 0 Å². The first kappa shape index (κ1) is 10.9. The van der Waals surface area contributed by atoms with Crippen molar-refractivity contribution in [2.45, 2.75) is 20.3 Å². The topological polar surface area (TPSA) is 30.7 Å². The van der Waals surface area contributed by atoms with Crippen molar-refractivity contribution in [3.63, 3.8) is 0 Å². The highest BCUT2D eigenvalue weighted by atomic mass is 79.9. The van der Waals surface area contributed by atoms with Gasteiger partial charge in [-0.1, -0.05) is 18.5 Å². The number of rotatable bonds is 1. The van der Waals surface area contributed by atoms with Gasteiger partial charge < -0.3 is 4.57 Å². The zero-order valence-corrected chi connectivity index (χ0v) is 11.1. The van der Waals surface area contributed by atoms with Crippen molar-refractivity contribution in [2.24, 2.45) is 7.05 Å². The van der Waals surface area contributed by atoms with Crippen LogP contribution in [0.5, 0.6) is 0 Å². The highest BCUT2D eigenvalue weighted by Gasteiger charge is 2.16. The Morgan fingerprint density at radius 2 is 2.07 bits per heavy atom. The van der Waals surface area contributed by atoms with Crippen LogP contribution >= 0.6 is 27.5 Å². The Bertz CT molecular complexity index is 533. The Kier molecular flexibility index (Phi) is 2.73. The minimum absolute atomic E-state index is 0.666. The predicted octanol–water partition coefficient (Wildman–Crippen LogP) is 3.26. The lowest BCUT2D eigenvalue weighted by molar-refractivity contribution is 0.916. The highest BCUT2D eigenvalue weighted by Crippen LogP contribution is 2.34. The van der Waals surface area contributed by atoms with E-state index < -0.39 is 0 Å². The Morgan fingerprint density at radius 1 is 1.40 bits per heavy atom. The highest BCUT2D eigenvalue weighted by molar-refractivity contribution is 9.10. The summed E-state index contributed by atoms with van der Waals surface area (Å²) in [6.07, 6.45) is 0.874. The number of hydrogen-bond donors (Lipinski definition) is 0. The molecule has 0 saturated heterocycles. The lowest BCUT2D eigenvalue weighted by atomic mass is 10.2. The van der Waals surface area contributed by atoms with E-state index >= 15 is 0 Å². The maximum Gasteiger partial charge on any atom is 0.145 e. The van der Waals surface area contributed by atoms with Crippen LogP contribution in [0.4, 0.5) is 0 Å². The maximum atomic E-state index is 6.15. The number of hydrogen-bond acceptors (Lipinski definition) is 2. The molecule has 0 atom stereocenters. The summed E-state index contributed by atoms with van der Waals surface area (Å²) in [4.78, 5) is 8.82. The largest absolute Gasteiger partial charge is 0.318 e. The molecule has 2 aromatic heterocycles. The number of nitrogens with zero attached hydrogens (tertiary/aromatic N) is 3. The first-order valence-electron chi connectivity index (χ1n) is 4.73. The lowest BCUT2D eigenvalue weighted by Gasteiger charge is -2.02. The van der Waals surface area contributed by atoms with Crippen LogP contribution in [0.3, 0.4) is 0 Å². The van der Waals surface area contributed by atoms with Crippen LogP contribution in [0.2, 0.25) is 5.15 Å². The van der Waals surface area contributed by atoms with Crippen molar-refractivity contribution in [1.29, 1.82) is 0 Å². The number of halogens is 2. The van der Waals surface area contributed by atoms with Crippen LogP contribution in [-0.2, 0) is 13.5 Å². The second-order valence-electron chi connectivity index (χ2n) is 3.43. The smallest absolute Gasteiger partial charge is 0.145 e. The van der Waals surface area contributed by atoms with E-state index in [9.17, 15) is 0 Å². The average Bonchev–Trinajstić information content (AvgIpc) is 2.43. The van der Waals surface area contributed by atoms with Crippen LogP contribution in [0, 0.1) is 6.92 Å². The molecule has 0 radical (unpaired) electrons. The molecule has 0 aliphatic rings. The van der Waals surface area contributed by atoms with Gasteiger partial charge in [0.1, 0.15) is 16.6 Å². The van der Waals surface area contributed by atoms with E-state index in [4.69, 9.17) is 11.6 Å². The van der Waals surface area contributed by atoms with Gasteiger partial charge in [-0.05, 0) is 29.3 Å². The summed E-state index contributed by atoms with van der Waals surface area (Å²) in [6.45, 7) is 3.97. The first-order chi connectivity index (χ1) is 7.06. The van der Waals surface area contributed by atoms with Gasteiger partial charge >= 0.3 is 0 Å². The molecule has 0 aliphatic heterocycles. The molecule has 0 N–H and O–H groups in total. The predicted molar refractivity (Wildman–Crippen MR) is 65.3 cm³/mol. The molecule has 15 heavy (non-hydrogen) atoms. The van der Waals surface area contributed by atoms with Crippen LogP contribution in [0.15, 0.2) is 4.47 Å². The number of aromatic nitrogens is 3. The van der Waals surface area contributed by atoms with Crippen molar-refractivity contribution in [2.75, 3.05) is 0 Å². The van der Waals surface area contributed by atoms with E-state index in [1.165, 1.54) is 0 Å². The first-order valence-corrected chi connectivity index (χ1v) is 5.90. The van der Waals surface area contributed by atoms with Gasteiger partial charge in [-0.25, -0.2) is 9.97 Å². The van der Waals surface area contributed by atoms with Crippen LogP contribution < -0.4 is 0 Å². The van der Waals surface area contributed by atoms with Crippen LogP contribution in [0.25, 0.3) is 11.0 Å². The molecule has 0 spiro atoms. The molecule has 0 saturated carbocycles. The SMILES string of the molecule is CCc1nc(C)nc2c1c(Br)c(Cl)n2C. The zero-order valence-electron chi connectivity index (χ0n) is 8.80. The number of aryl methyl sites for hydroxylation is 3. The average molecular weight is 289 g/mol. The maximum absolute atomic E-state index is 6.15. The summed E-state index contributed by atoms with van der Waals surface area (Å²) in [6, 6.07) is 0. The van der Waals surface area contributed by atoms with Crippen molar-refractivity contribution in [3.8, 4) is 0 Å². The fraction of sp³-hybridized carbons (Fsp3) is 0.400. The minimum Gasteiger partial charge on any atom is -0.318 e. The fourth-order valence-electron chi connectivity index (χ4n) is 1.68. The zero-order chi connectivity index (χ0) is 11.2. The van der Waals surface area contributed by atoms with Gasteiger partial charge in [-0.2, -0.15) is 0 Å². The van der Waals surface area contributed by atoms with E-state index in [1.807, 2.05) is 18.5 Å². The molecule has 0 amide bonds. The molecule has 3 nitrogen and oxygen atoms in total. The van der Waals surface area contributed by atoms with E-state index in [1.54, 1.807) is 0 Å². The van der Waals surface area contributed by atoms with Crippen molar-refractivity contribution >= 4 is 38.6 Å². The molecule has 80 valence electrons. The standard InChI is InChI=1S/C10H11BrClN3/c1-4-6-7-8(11)9(12)15(3)10(7)14-5(2)13-6/h4H2,1-3H3. The second-order valence-corrected chi connectivity index (χ2v) is 4.58. The van der Waals surface area contributed by atoms with Crippen LogP contribution in [0.1, 0.15) is 18.4 Å². The Hall–Kier alpha value is -0.610. The lowest BCUT2D eigenvalue weighted by Crippen LogP contribution is -1.98. The number of fused-ring (bicyclic) bond motifs is 1. The monoisotopic (exact) mass is 287 g/mol. The van der Waals surface area contributed by atoms with Crippen molar-refractivity contribution < 1.29 is 0 Å². The van der Waals surface area contributed by atoms with E-state index in [2.05, 4.69) is 32.8 Å². The summed E-state index contributed by atoms with van der Waals surface area (Å²) in [5, 5.41) is 1.69. The van der Waals surface area contributed by atoms with Gasteiger partial charge in [0.25, 0.3) is 0 Å².